The number of fused-ring (bicyclic) bond motifs is 1. The molecule has 0 aliphatic heterocycles. The van der Waals surface area contributed by atoms with Gasteiger partial charge in [0.15, 0.2) is 0 Å². The molecule has 3 aromatic rings. The third-order valence-corrected chi connectivity index (χ3v) is 3.14. The number of hydrogen-bond donors (Lipinski definition) is 2. The number of nitrogens with one attached hydrogen (secondary N) is 1. The number of rotatable bonds is 2. The molecule has 2 heterocycles. The average molecular weight is 242 g/mol. The van der Waals surface area contributed by atoms with Gasteiger partial charge in [-0.2, -0.15) is 5.10 Å². The minimum Gasteiger partial charge on any atom is -0.496 e. The molecule has 1 aromatic carbocycles. The first-order valence-corrected chi connectivity index (χ1v) is 5.64. The minimum atomic E-state index is 0.488. The molecule has 5 nitrogen and oxygen atoms in total. The molecule has 0 fully saturated rings. The van der Waals surface area contributed by atoms with Gasteiger partial charge in [-0.25, -0.2) is 0 Å². The van der Waals surface area contributed by atoms with Crippen LogP contribution in [0, 0.1) is 0 Å². The highest BCUT2D eigenvalue weighted by Crippen LogP contribution is 2.32. The molecule has 3 N–H and O–H groups in total. The van der Waals surface area contributed by atoms with Crippen molar-refractivity contribution in [3.05, 3.63) is 30.3 Å². The van der Waals surface area contributed by atoms with E-state index in [0.29, 0.717) is 5.82 Å². The van der Waals surface area contributed by atoms with E-state index in [0.717, 1.165) is 28.0 Å². The lowest BCUT2D eigenvalue weighted by Crippen LogP contribution is -1.91. The number of benzene rings is 1. The van der Waals surface area contributed by atoms with Crippen molar-refractivity contribution in [2.24, 2.45) is 7.05 Å². The molecule has 0 aliphatic carbocycles. The third-order valence-electron chi connectivity index (χ3n) is 3.14. The van der Waals surface area contributed by atoms with Crippen LogP contribution in [0.25, 0.3) is 22.3 Å². The van der Waals surface area contributed by atoms with Crippen LogP contribution in [0.4, 0.5) is 5.82 Å². The number of hydrogen-bond acceptors (Lipinski definition) is 3. The Morgan fingerprint density at radius 1 is 1.33 bits per heavy atom. The molecule has 0 saturated carbocycles. The Kier molecular flexibility index (Phi) is 2.26. The Morgan fingerprint density at radius 3 is 2.83 bits per heavy atom. The molecule has 3 rings (SSSR count). The van der Waals surface area contributed by atoms with Crippen molar-refractivity contribution in [1.29, 1.82) is 0 Å². The summed E-state index contributed by atoms with van der Waals surface area (Å²) < 4.78 is 7.46. The van der Waals surface area contributed by atoms with Crippen molar-refractivity contribution in [2.45, 2.75) is 0 Å². The van der Waals surface area contributed by atoms with E-state index in [2.05, 4.69) is 26.9 Å². The second-order valence-corrected chi connectivity index (χ2v) is 4.19. The maximum absolute atomic E-state index is 5.64. The summed E-state index contributed by atoms with van der Waals surface area (Å²) in [5.41, 5.74) is 8.67. The van der Waals surface area contributed by atoms with Gasteiger partial charge < -0.3 is 15.0 Å². The van der Waals surface area contributed by atoms with Crippen LogP contribution in [0.5, 0.6) is 5.75 Å². The maximum Gasteiger partial charge on any atom is 0.145 e. The Morgan fingerprint density at radius 2 is 2.17 bits per heavy atom. The summed E-state index contributed by atoms with van der Waals surface area (Å²) in [6.45, 7) is 0. The predicted octanol–water partition coefficient (Wildman–Crippen LogP) is 2.16. The molecule has 18 heavy (non-hydrogen) atoms. The lowest BCUT2D eigenvalue weighted by Gasteiger charge is -2.02. The van der Waals surface area contributed by atoms with Crippen molar-refractivity contribution >= 4 is 16.7 Å². The Labute approximate surface area is 104 Å². The van der Waals surface area contributed by atoms with Crippen molar-refractivity contribution < 1.29 is 4.74 Å². The van der Waals surface area contributed by atoms with E-state index in [1.807, 2.05) is 25.2 Å². The standard InChI is InChI=1S/C13H14N4O/c1-17-10-4-3-5-12(18-2)8(10)6-11(17)9-7-13(14)16-15-9/h3-7H,1-2H3,(H3,14,15,16). The van der Waals surface area contributed by atoms with Crippen LogP contribution in [0.2, 0.25) is 0 Å². The van der Waals surface area contributed by atoms with E-state index in [-0.39, 0.29) is 0 Å². The summed E-state index contributed by atoms with van der Waals surface area (Å²) in [7, 11) is 3.68. The predicted molar refractivity (Wildman–Crippen MR) is 71.5 cm³/mol. The van der Waals surface area contributed by atoms with Crippen LogP contribution in [0.1, 0.15) is 0 Å². The molecule has 5 heteroatoms. The van der Waals surface area contributed by atoms with Gasteiger partial charge in [0, 0.05) is 18.5 Å². The van der Waals surface area contributed by atoms with E-state index in [1.165, 1.54) is 0 Å². The number of aromatic amines is 1. The van der Waals surface area contributed by atoms with Gasteiger partial charge in [0.2, 0.25) is 0 Å². The molecule has 92 valence electrons. The number of nitrogens with zero attached hydrogens (tertiary/aromatic N) is 2. The monoisotopic (exact) mass is 242 g/mol. The van der Waals surface area contributed by atoms with Gasteiger partial charge in [-0.15, -0.1) is 0 Å². The van der Waals surface area contributed by atoms with Crippen LogP contribution in [0.3, 0.4) is 0 Å². The van der Waals surface area contributed by atoms with Gasteiger partial charge in [-0.1, -0.05) is 6.07 Å². The lowest BCUT2D eigenvalue weighted by molar-refractivity contribution is 0.420. The number of ether oxygens (including phenoxy) is 1. The van der Waals surface area contributed by atoms with Crippen LogP contribution in [-0.4, -0.2) is 21.9 Å². The van der Waals surface area contributed by atoms with E-state index in [4.69, 9.17) is 10.5 Å². The molecule has 0 aliphatic rings. The molecule has 0 atom stereocenters. The zero-order chi connectivity index (χ0) is 12.7. The number of H-pyrrole nitrogens is 1. The normalized spacial score (nSPS) is 11.0. The minimum absolute atomic E-state index is 0.488. The number of nitrogen functional groups attached to an aromatic ring is 1. The SMILES string of the molecule is COc1cccc2c1cc(-c1cc(N)n[nH]1)n2C. The van der Waals surface area contributed by atoms with Crippen molar-refractivity contribution in [3.8, 4) is 17.1 Å². The summed E-state index contributed by atoms with van der Waals surface area (Å²) >= 11 is 0. The first-order valence-electron chi connectivity index (χ1n) is 5.64. The maximum atomic E-state index is 5.64. The first-order chi connectivity index (χ1) is 8.70. The summed E-state index contributed by atoms with van der Waals surface area (Å²) in [5.74, 6) is 1.35. The highest BCUT2D eigenvalue weighted by atomic mass is 16.5. The van der Waals surface area contributed by atoms with E-state index in [9.17, 15) is 0 Å². The van der Waals surface area contributed by atoms with Gasteiger partial charge in [0.05, 0.1) is 24.0 Å². The average Bonchev–Trinajstić information content (AvgIpc) is 2.94. The topological polar surface area (TPSA) is 68.9 Å². The molecule has 0 unspecified atom stereocenters. The summed E-state index contributed by atoms with van der Waals surface area (Å²) in [6.07, 6.45) is 0. The molecule has 0 radical (unpaired) electrons. The summed E-state index contributed by atoms with van der Waals surface area (Å²) in [4.78, 5) is 0. The molecular formula is C13H14N4O. The van der Waals surface area contributed by atoms with Crippen molar-refractivity contribution in [1.82, 2.24) is 14.8 Å². The molecular weight excluding hydrogens is 228 g/mol. The Hall–Kier alpha value is -2.43. The number of methoxy groups -OCH3 is 1. The number of aromatic nitrogens is 3. The van der Waals surface area contributed by atoms with E-state index >= 15 is 0 Å². The number of nitrogens with two attached hydrogens (primary N) is 1. The molecule has 0 bridgehead atoms. The molecule has 0 amide bonds. The highest BCUT2D eigenvalue weighted by molar-refractivity contribution is 5.91. The molecule has 2 aromatic heterocycles. The fraction of sp³-hybridized carbons (Fsp3) is 0.154. The fourth-order valence-corrected chi connectivity index (χ4v) is 2.24. The largest absolute Gasteiger partial charge is 0.496 e. The third kappa shape index (κ3) is 1.44. The molecule has 0 saturated heterocycles. The van der Waals surface area contributed by atoms with Gasteiger partial charge in [0.1, 0.15) is 11.6 Å². The van der Waals surface area contributed by atoms with Crippen molar-refractivity contribution in [2.75, 3.05) is 12.8 Å². The Balaban J connectivity index is 2.28. The van der Waals surface area contributed by atoms with E-state index < -0.39 is 0 Å². The van der Waals surface area contributed by atoms with Crippen LogP contribution < -0.4 is 10.5 Å². The Bertz CT molecular complexity index is 711. The number of anilines is 1. The van der Waals surface area contributed by atoms with Crippen LogP contribution in [0.15, 0.2) is 30.3 Å². The summed E-state index contributed by atoms with van der Waals surface area (Å²) in [6, 6.07) is 9.88. The van der Waals surface area contributed by atoms with Gasteiger partial charge in [0.25, 0.3) is 0 Å². The van der Waals surface area contributed by atoms with Gasteiger partial charge in [-0.3, -0.25) is 5.10 Å². The summed E-state index contributed by atoms with van der Waals surface area (Å²) in [5, 5.41) is 7.95. The van der Waals surface area contributed by atoms with Crippen LogP contribution in [-0.2, 0) is 7.05 Å². The second kappa shape index (κ2) is 3.80. The zero-order valence-electron chi connectivity index (χ0n) is 10.3. The smallest absolute Gasteiger partial charge is 0.145 e. The van der Waals surface area contributed by atoms with Gasteiger partial charge >= 0.3 is 0 Å². The van der Waals surface area contributed by atoms with Crippen molar-refractivity contribution in [3.63, 3.8) is 0 Å². The molecule has 0 spiro atoms. The highest BCUT2D eigenvalue weighted by Gasteiger charge is 2.12. The fourth-order valence-electron chi connectivity index (χ4n) is 2.24. The van der Waals surface area contributed by atoms with Crippen LogP contribution >= 0.6 is 0 Å². The quantitative estimate of drug-likeness (QED) is 0.723. The zero-order valence-corrected chi connectivity index (χ0v) is 10.3. The number of aryl methyl sites for hydroxylation is 1. The van der Waals surface area contributed by atoms with Gasteiger partial charge in [-0.05, 0) is 18.2 Å². The first kappa shape index (κ1) is 10.7. The lowest BCUT2D eigenvalue weighted by atomic mass is 10.2. The second-order valence-electron chi connectivity index (χ2n) is 4.19. The van der Waals surface area contributed by atoms with E-state index in [1.54, 1.807) is 7.11 Å².